The van der Waals surface area contributed by atoms with Gasteiger partial charge in [-0.2, -0.15) is 5.26 Å². The zero-order chi connectivity index (χ0) is 19.9. The van der Waals surface area contributed by atoms with Crippen LogP contribution in [0.2, 0.25) is 0 Å². The summed E-state index contributed by atoms with van der Waals surface area (Å²) in [7, 11) is 0. The van der Waals surface area contributed by atoms with E-state index in [9.17, 15) is 14.4 Å². The number of nitrogens with zero attached hydrogens (tertiary/aromatic N) is 1. The molecule has 0 amide bonds. The quantitative estimate of drug-likeness (QED) is 0.688. The third kappa shape index (κ3) is 2.74. The summed E-state index contributed by atoms with van der Waals surface area (Å²) in [6.45, 7) is 3.97. The van der Waals surface area contributed by atoms with E-state index in [0.29, 0.717) is 12.8 Å². The molecule has 1 heterocycles. The molecule has 142 valence electrons. The molecule has 0 radical (unpaired) electrons. The predicted octanol–water partition coefficient (Wildman–Crippen LogP) is 5.13. The highest BCUT2D eigenvalue weighted by Gasteiger charge is 2.43. The van der Waals surface area contributed by atoms with Gasteiger partial charge < -0.3 is 4.98 Å². The molecule has 0 aliphatic heterocycles. The van der Waals surface area contributed by atoms with Crippen molar-refractivity contribution in [1.29, 1.82) is 5.26 Å². The van der Waals surface area contributed by atoms with E-state index in [1.165, 1.54) is 6.07 Å². The number of pyridine rings is 1. The molecule has 0 fully saturated rings. The molecule has 4 heteroatoms. The topological polar surface area (TPSA) is 56.6 Å². The number of hydrogen-bond donors (Lipinski definition) is 1. The standard InChI is InChI=1S/C24H23FN2O/c1-3-15-11-17-5-8-18(12-22(17)27-23(15)28)24(4-2,14-26)21-10-7-16-6-9-19(25)13-20(16)21/h5-6,8-9,11-13,21H,3-4,7,10H2,1-2H3,(H,27,28). The summed E-state index contributed by atoms with van der Waals surface area (Å²) in [4.78, 5) is 15.2. The minimum absolute atomic E-state index is 0.0627. The van der Waals surface area contributed by atoms with Crippen LogP contribution in [-0.2, 0) is 18.3 Å². The van der Waals surface area contributed by atoms with Crippen molar-refractivity contribution in [2.24, 2.45) is 0 Å². The SMILES string of the molecule is CCc1cc2ccc(C(C#N)(CC)C3CCc4ccc(F)cc43)cc2[nH]c1=O. The van der Waals surface area contributed by atoms with Gasteiger partial charge in [-0.3, -0.25) is 4.79 Å². The molecular formula is C24H23FN2O. The number of hydrogen-bond acceptors (Lipinski definition) is 2. The summed E-state index contributed by atoms with van der Waals surface area (Å²) in [5, 5.41) is 11.2. The molecule has 1 N–H and O–H groups in total. The van der Waals surface area contributed by atoms with Gasteiger partial charge in [0.1, 0.15) is 5.82 Å². The smallest absolute Gasteiger partial charge is 0.251 e. The Hall–Kier alpha value is -2.93. The van der Waals surface area contributed by atoms with Crippen LogP contribution >= 0.6 is 0 Å². The lowest BCUT2D eigenvalue weighted by molar-refractivity contribution is 0.417. The lowest BCUT2D eigenvalue weighted by atomic mass is 9.67. The van der Waals surface area contributed by atoms with E-state index >= 15 is 0 Å². The van der Waals surface area contributed by atoms with Crippen LogP contribution in [0.15, 0.2) is 47.3 Å². The lowest BCUT2D eigenvalue weighted by Gasteiger charge is -2.33. The number of fused-ring (bicyclic) bond motifs is 2. The van der Waals surface area contributed by atoms with Crippen LogP contribution in [0.5, 0.6) is 0 Å². The Bertz CT molecular complexity index is 1160. The van der Waals surface area contributed by atoms with Gasteiger partial charge in [-0.25, -0.2) is 4.39 Å². The molecule has 1 aromatic heterocycles. The number of aromatic nitrogens is 1. The van der Waals surface area contributed by atoms with Gasteiger partial charge in [-0.05, 0) is 72.0 Å². The fourth-order valence-corrected chi connectivity index (χ4v) is 4.74. The Morgan fingerprint density at radius 3 is 2.75 bits per heavy atom. The van der Waals surface area contributed by atoms with E-state index in [-0.39, 0.29) is 17.3 Å². The molecule has 2 unspecified atom stereocenters. The van der Waals surface area contributed by atoms with Crippen molar-refractivity contribution in [1.82, 2.24) is 4.98 Å². The molecule has 2 atom stereocenters. The van der Waals surface area contributed by atoms with Crippen molar-refractivity contribution < 1.29 is 4.39 Å². The van der Waals surface area contributed by atoms with Crippen molar-refractivity contribution in [2.75, 3.05) is 0 Å². The van der Waals surface area contributed by atoms with E-state index in [1.54, 1.807) is 6.07 Å². The molecule has 0 saturated carbocycles. The maximum atomic E-state index is 13.9. The Kier molecular flexibility index (Phi) is 4.55. The molecule has 1 aliphatic rings. The average Bonchev–Trinajstić information content (AvgIpc) is 3.12. The van der Waals surface area contributed by atoms with E-state index in [0.717, 1.165) is 46.0 Å². The lowest BCUT2D eigenvalue weighted by Crippen LogP contribution is -2.30. The molecule has 3 aromatic rings. The third-order valence-corrected chi connectivity index (χ3v) is 6.36. The first-order chi connectivity index (χ1) is 13.5. The van der Waals surface area contributed by atoms with Crippen LogP contribution in [0, 0.1) is 17.1 Å². The second-order valence-corrected chi connectivity index (χ2v) is 7.65. The van der Waals surface area contributed by atoms with E-state index in [1.807, 2.05) is 44.2 Å². The summed E-state index contributed by atoms with van der Waals surface area (Å²) in [6, 6.07) is 15.3. The molecule has 0 spiro atoms. The first kappa shape index (κ1) is 18.4. The summed E-state index contributed by atoms with van der Waals surface area (Å²) in [5.41, 5.74) is 3.60. The number of halogens is 1. The molecular weight excluding hydrogens is 351 g/mol. The van der Waals surface area contributed by atoms with Crippen LogP contribution in [-0.4, -0.2) is 4.98 Å². The second-order valence-electron chi connectivity index (χ2n) is 7.65. The van der Waals surface area contributed by atoms with Gasteiger partial charge in [0.2, 0.25) is 0 Å². The molecule has 3 nitrogen and oxygen atoms in total. The summed E-state index contributed by atoms with van der Waals surface area (Å²) >= 11 is 0. The number of nitrogens with one attached hydrogen (secondary N) is 1. The fraction of sp³-hybridized carbons (Fsp3) is 0.333. The third-order valence-electron chi connectivity index (χ3n) is 6.36. The largest absolute Gasteiger partial charge is 0.322 e. The highest BCUT2D eigenvalue weighted by atomic mass is 19.1. The van der Waals surface area contributed by atoms with Gasteiger partial charge in [0.05, 0.1) is 11.5 Å². The monoisotopic (exact) mass is 374 g/mol. The average molecular weight is 374 g/mol. The van der Waals surface area contributed by atoms with Crippen molar-refractivity contribution >= 4 is 10.9 Å². The van der Waals surface area contributed by atoms with Crippen molar-refractivity contribution in [3.8, 4) is 6.07 Å². The Balaban J connectivity index is 1.88. The van der Waals surface area contributed by atoms with Crippen molar-refractivity contribution in [3.05, 3.63) is 80.9 Å². The highest BCUT2D eigenvalue weighted by molar-refractivity contribution is 5.80. The summed E-state index contributed by atoms with van der Waals surface area (Å²) in [6.07, 6.45) is 2.97. The van der Waals surface area contributed by atoms with Crippen LogP contribution in [0.25, 0.3) is 10.9 Å². The van der Waals surface area contributed by atoms with Gasteiger partial charge in [0.15, 0.2) is 0 Å². The van der Waals surface area contributed by atoms with E-state index < -0.39 is 5.41 Å². The molecule has 0 bridgehead atoms. The van der Waals surface area contributed by atoms with Crippen LogP contribution in [0.1, 0.15) is 54.9 Å². The predicted molar refractivity (Wildman–Crippen MR) is 109 cm³/mol. The molecule has 0 saturated heterocycles. The van der Waals surface area contributed by atoms with Gasteiger partial charge in [0, 0.05) is 17.0 Å². The molecule has 1 aliphatic carbocycles. The number of benzene rings is 2. The second kappa shape index (κ2) is 6.91. The highest BCUT2D eigenvalue weighted by Crippen LogP contribution is 2.49. The summed E-state index contributed by atoms with van der Waals surface area (Å²) in [5.74, 6) is -0.323. The van der Waals surface area contributed by atoms with Crippen LogP contribution in [0.3, 0.4) is 0 Å². The minimum Gasteiger partial charge on any atom is -0.322 e. The first-order valence-electron chi connectivity index (χ1n) is 9.88. The van der Waals surface area contributed by atoms with E-state index in [2.05, 4.69) is 11.1 Å². The maximum Gasteiger partial charge on any atom is 0.251 e. The number of aryl methyl sites for hydroxylation is 2. The number of aromatic amines is 1. The summed E-state index contributed by atoms with van der Waals surface area (Å²) < 4.78 is 13.9. The number of H-pyrrole nitrogens is 1. The zero-order valence-corrected chi connectivity index (χ0v) is 16.2. The van der Waals surface area contributed by atoms with E-state index in [4.69, 9.17) is 0 Å². The van der Waals surface area contributed by atoms with Gasteiger partial charge in [0.25, 0.3) is 5.56 Å². The van der Waals surface area contributed by atoms with Crippen molar-refractivity contribution in [3.63, 3.8) is 0 Å². The Morgan fingerprint density at radius 2 is 2.04 bits per heavy atom. The molecule has 4 rings (SSSR count). The van der Waals surface area contributed by atoms with Gasteiger partial charge in [-0.1, -0.05) is 32.0 Å². The zero-order valence-electron chi connectivity index (χ0n) is 16.2. The van der Waals surface area contributed by atoms with Crippen LogP contribution in [0.4, 0.5) is 4.39 Å². The maximum absolute atomic E-state index is 13.9. The first-order valence-corrected chi connectivity index (χ1v) is 9.88. The molecule has 2 aromatic carbocycles. The van der Waals surface area contributed by atoms with Gasteiger partial charge in [-0.15, -0.1) is 0 Å². The number of rotatable bonds is 4. The molecule has 28 heavy (non-hydrogen) atoms. The van der Waals surface area contributed by atoms with Crippen LogP contribution < -0.4 is 5.56 Å². The minimum atomic E-state index is -0.756. The Labute approximate surface area is 163 Å². The van der Waals surface area contributed by atoms with Gasteiger partial charge >= 0.3 is 0 Å². The van der Waals surface area contributed by atoms with Crippen molar-refractivity contribution in [2.45, 2.75) is 50.9 Å². The fourth-order valence-electron chi connectivity index (χ4n) is 4.74. The Morgan fingerprint density at radius 1 is 1.21 bits per heavy atom. The normalized spacial score (nSPS) is 17.9. The number of nitriles is 1.